The van der Waals surface area contributed by atoms with Crippen molar-refractivity contribution < 1.29 is 9.90 Å². The molecule has 0 aromatic heterocycles. The number of hydrogen-bond acceptors (Lipinski definition) is 3. The Kier molecular flexibility index (Phi) is 7.21. The molecule has 0 saturated heterocycles. The number of aromatic carboxylic acids is 1. The number of hydrogen-bond donors (Lipinski definition) is 3. The first-order valence-corrected chi connectivity index (χ1v) is 11.7. The van der Waals surface area contributed by atoms with E-state index in [1.54, 1.807) is 17.7 Å². The summed E-state index contributed by atoms with van der Waals surface area (Å²) in [7, 11) is 0. The third-order valence-electron chi connectivity index (χ3n) is 6.80. The second-order valence-corrected chi connectivity index (χ2v) is 9.03. The maximum atomic E-state index is 11.0. The number of carboxylic acid groups (broad SMARTS) is 1. The summed E-state index contributed by atoms with van der Waals surface area (Å²) in [5, 5.41) is 16.6. The fraction of sp³-hybridized carbons (Fsp3) is 0.444. The molecule has 2 aromatic carbocycles. The lowest BCUT2D eigenvalue weighted by Crippen LogP contribution is -2.40. The molecule has 4 nitrogen and oxygen atoms in total. The Morgan fingerprint density at radius 2 is 1.68 bits per heavy atom. The lowest BCUT2D eigenvalue weighted by atomic mass is 9.91. The zero-order chi connectivity index (χ0) is 21.6. The first-order chi connectivity index (χ1) is 15.1. The van der Waals surface area contributed by atoms with Crippen molar-refractivity contribution in [1.82, 2.24) is 10.6 Å². The molecule has 2 aliphatic rings. The van der Waals surface area contributed by atoms with Crippen molar-refractivity contribution in [2.75, 3.05) is 0 Å². The van der Waals surface area contributed by atoms with Gasteiger partial charge in [0.1, 0.15) is 0 Å². The van der Waals surface area contributed by atoms with Crippen molar-refractivity contribution in [3.8, 4) is 0 Å². The van der Waals surface area contributed by atoms with Gasteiger partial charge in [0.05, 0.1) is 5.56 Å². The molecule has 2 unspecified atom stereocenters. The van der Waals surface area contributed by atoms with Crippen LogP contribution in [0.15, 0.2) is 60.2 Å². The second-order valence-electron chi connectivity index (χ2n) is 9.03. The number of carboxylic acids is 1. The molecule has 2 atom stereocenters. The van der Waals surface area contributed by atoms with Crippen molar-refractivity contribution in [1.29, 1.82) is 0 Å². The van der Waals surface area contributed by atoms with Crippen molar-refractivity contribution >= 4 is 12.0 Å². The topological polar surface area (TPSA) is 61.4 Å². The Hall–Kier alpha value is -2.43. The van der Waals surface area contributed by atoms with Gasteiger partial charge in [-0.15, -0.1) is 0 Å². The van der Waals surface area contributed by atoms with Gasteiger partial charge in [0.15, 0.2) is 0 Å². The van der Waals surface area contributed by atoms with Crippen molar-refractivity contribution in [2.45, 2.75) is 70.1 Å². The van der Waals surface area contributed by atoms with E-state index in [2.05, 4.69) is 54.0 Å². The summed E-state index contributed by atoms with van der Waals surface area (Å²) < 4.78 is 0. The van der Waals surface area contributed by atoms with Gasteiger partial charge in [-0.1, -0.05) is 61.0 Å². The lowest BCUT2D eigenvalue weighted by molar-refractivity contribution is 0.0697. The molecule has 0 spiro atoms. The molecule has 164 valence electrons. The molecule has 2 saturated carbocycles. The minimum Gasteiger partial charge on any atom is -0.478 e. The van der Waals surface area contributed by atoms with E-state index >= 15 is 0 Å². The molecule has 4 rings (SSSR count). The van der Waals surface area contributed by atoms with Crippen LogP contribution in [0.1, 0.15) is 66.9 Å². The van der Waals surface area contributed by atoms with Crippen LogP contribution in [0.3, 0.4) is 0 Å². The van der Waals surface area contributed by atoms with Gasteiger partial charge in [-0.05, 0) is 67.7 Å². The zero-order valence-corrected chi connectivity index (χ0v) is 18.4. The molecular weight excluding hydrogens is 384 g/mol. The second kappa shape index (κ2) is 10.3. The van der Waals surface area contributed by atoms with Crippen LogP contribution >= 0.6 is 0 Å². The summed E-state index contributed by atoms with van der Waals surface area (Å²) in [5.74, 6) is -0.167. The Bertz CT molecular complexity index is 883. The van der Waals surface area contributed by atoms with E-state index in [4.69, 9.17) is 5.11 Å². The predicted octanol–water partition coefficient (Wildman–Crippen LogP) is 5.26. The molecule has 4 heteroatoms. The standard InChI is InChI=1S/C27H34N2O2/c1-2-21(16-19-6-4-3-5-7-19)25-17-26(25)29-24-14-12-23(13-15-24)28-18-20-8-10-22(11-9-20)27(30)31/h3-11,16,23-26,28-29H,2,12-15,17-18H2,1H3,(H,30,31)/b21-16+/t23-,24-,25?,26?. The normalized spacial score (nSPS) is 25.9. The third kappa shape index (κ3) is 6.05. The van der Waals surface area contributed by atoms with Crippen LogP contribution in [0.5, 0.6) is 0 Å². The lowest BCUT2D eigenvalue weighted by Gasteiger charge is -2.30. The van der Waals surface area contributed by atoms with Crippen LogP contribution in [0.2, 0.25) is 0 Å². The highest BCUT2D eigenvalue weighted by Gasteiger charge is 2.40. The fourth-order valence-corrected chi connectivity index (χ4v) is 4.82. The Balaban J connectivity index is 1.18. The molecule has 2 aliphatic carbocycles. The largest absolute Gasteiger partial charge is 0.478 e. The Morgan fingerprint density at radius 1 is 1.00 bits per heavy atom. The van der Waals surface area contributed by atoms with Gasteiger partial charge in [0.2, 0.25) is 0 Å². The summed E-state index contributed by atoms with van der Waals surface area (Å²) in [6.45, 7) is 3.08. The molecule has 0 radical (unpaired) electrons. The smallest absolute Gasteiger partial charge is 0.335 e. The van der Waals surface area contributed by atoms with Crippen molar-refractivity contribution in [2.24, 2.45) is 5.92 Å². The van der Waals surface area contributed by atoms with E-state index < -0.39 is 5.97 Å². The number of benzene rings is 2. The quantitative estimate of drug-likeness (QED) is 0.520. The number of carbonyl (C=O) groups is 1. The summed E-state index contributed by atoms with van der Waals surface area (Å²) in [5.41, 5.74) is 4.38. The summed E-state index contributed by atoms with van der Waals surface area (Å²) in [6, 6.07) is 19.7. The van der Waals surface area contributed by atoms with E-state index in [0.29, 0.717) is 29.6 Å². The first-order valence-electron chi connectivity index (χ1n) is 11.7. The summed E-state index contributed by atoms with van der Waals surface area (Å²) in [4.78, 5) is 11.0. The van der Waals surface area contributed by atoms with Crippen LogP contribution in [0.25, 0.3) is 6.08 Å². The van der Waals surface area contributed by atoms with E-state index in [1.165, 1.54) is 37.7 Å². The number of nitrogens with one attached hydrogen (secondary N) is 2. The maximum Gasteiger partial charge on any atom is 0.335 e. The summed E-state index contributed by atoms with van der Waals surface area (Å²) >= 11 is 0. The fourth-order valence-electron chi connectivity index (χ4n) is 4.82. The molecule has 0 heterocycles. The van der Waals surface area contributed by atoms with Gasteiger partial charge in [-0.3, -0.25) is 0 Å². The van der Waals surface area contributed by atoms with Crippen LogP contribution < -0.4 is 10.6 Å². The molecule has 2 aromatic rings. The van der Waals surface area contributed by atoms with E-state index in [9.17, 15) is 4.79 Å². The number of rotatable bonds is 9. The molecule has 0 aliphatic heterocycles. The summed E-state index contributed by atoms with van der Waals surface area (Å²) in [6.07, 6.45) is 9.63. The van der Waals surface area contributed by atoms with E-state index in [1.807, 2.05) is 12.1 Å². The average Bonchev–Trinajstić information content (AvgIpc) is 3.56. The van der Waals surface area contributed by atoms with Gasteiger partial charge in [-0.2, -0.15) is 0 Å². The monoisotopic (exact) mass is 418 g/mol. The van der Waals surface area contributed by atoms with Gasteiger partial charge in [-0.25, -0.2) is 4.79 Å². The zero-order valence-electron chi connectivity index (χ0n) is 18.4. The van der Waals surface area contributed by atoms with Gasteiger partial charge < -0.3 is 15.7 Å². The van der Waals surface area contributed by atoms with Crippen LogP contribution in [0, 0.1) is 5.92 Å². The van der Waals surface area contributed by atoms with Crippen molar-refractivity contribution in [3.05, 3.63) is 76.9 Å². The molecule has 0 amide bonds. The highest BCUT2D eigenvalue weighted by Crippen LogP contribution is 2.40. The van der Waals surface area contributed by atoms with Crippen LogP contribution in [0.4, 0.5) is 0 Å². The van der Waals surface area contributed by atoms with Crippen LogP contribution in [-0.2, 0) is 6.54 Å². The molecule has 2 fully saturated rings. The van der Waals surface area contributed by atoms with E-state index in [-0.39, 0.29) is 0 Å². The SMILES string of the molecule is CC/C(=C\c1ccccc1)C1CC1N[C@H]1CC[C@H](NCc2ccc(C(=O)O)cc2)CC1. The van der Waals surface area contributed by atoms with E-state index in [0.717, 1.165) is 18.5 Å². The van der Waals surface area contributed by atoms with Crippen molar-refractivity contribution in [3.63, 3.8) is 0 Å². The first kappa shape index (κ1) is 21.8. The van der Waals surface area contributed by atoms with Gasteiger partial charge in [0.25, 0.3) is 0 Å². The molecule has 31 heavy (non-hydrogen) atoms. The minimum absolute atomic E-state index is 0.346. The highest BCUT2D eigenvalue weighted by molar-refractivity contribution is 5.87. The minimum atomic E-state index is -0.871. The molecule has 0 bridgehead atoms. The van der Waals surface area contributed by atoms with Gasteiger partial charge >= 0.3 is 5.97 Å². The maximum absolute atomic E-state index is 11.0. The average molecular weight is 419 g/mol. The molecular formula is C27H34N2O2. The highest BCUT2D eigenvalue weighted by atomic mass is 16.4. The Labute approximate surface area is 185 Å². The van der Waals surface area contributed by atoms with Crippen LogP contribution in [-0.4, -0.2) is 29.2 Å². The Morgan fingerprint density at radius 3 is 2.32 bits per heavy atom. The van der Waals surface area contributed by atoms with Gasteiger partial charge in [0, 0.05) is 24.7 Å². The predicted molar refractivity (Wildman–Crippen MR) is 126 cm³/mol. The molecule has 3 N–H and O–H groups in total. The third-order valence-corrected chi connectivity index (χ3v) is 6.80.